The molecule has 5 nitrogen and oxygen atoms in total. The topological polar surface area (TPSA) is 67.1 Å². The molecule has 2 rings (SSSR count). The van der Waals surface area contributed by atoms with E-state index in [1.807, 2.05) is 25.2 Å². The molecule has 1 unspecified atom stereocenters. The van der Waals surface area contributed by atoms with Gasteiger partial charge in [0.05, 0.1) is 6.54 Å². The Morgan fingerprint density at radius 1 is 1.47 bits per heavy atom. The van der Waals surface area contributed by atoms with E-state index < -0.39 is 0 Å². The fourth-order valence-corrected chi connectivity index (χ4v) is 2.66. The molecule has 2 aromatic rings. The van der Waals surface area contributed by atoms with Gasteiger partial charge in [0.25, 0.3) is 0 Å². The van der Waals surface area contributed by atoms with Crippen LogP contribution >= 0.6 is 22.9 Å². The molecule has 7 heteroatoms. The van der Waals surface area contributed by atoms with Gasteiger partial charge >= 0.3 is 0 Å². The van der Waals surface area contributed by atoms with Crippen LogP contribution in [0.25, 0.3) is 0 Å². The average molecular weight is 298 g/mol. The quantitative estimate of drug-likeness (QED) is 0.656. The van der Waals surface area contributed by atoms with Crippen LogP contribution in [0.2, 0.25) is 5.02 Å². The Labute approximate surface area is 121 Å². The van der Waals surface area contributed by atoms with Crippen LogP contribution in [0.5, 0.6) is 0 Å². The second-order valence-corrected chi connectivity index (χ2v) is 5.79. The Hall–Kier alpha value is -1.21. The highest BCUT2D eigenvalue weighted by Crippen LogP contribution is 2.24. The van der Waals surface area contributed by atoms with E-state index in [-0.39, 0.29) is 6.04 Å². The first-order chi connectivity index (χ1) is 9.10. The number of nitrogens with two attached hydrogens (primary N) is 1. The van der Waals surface area contributed by atoms with Crippen LogP contribution in [0, 0.1) is 0 Å². The van der Waals surface area contributed by atoms with Gasteiger partial charge < -0.3 is 0 Å². The van der Waals surface area contributed by atoms with Gasteiger partial charge in [-0.05, 0) is 31.7 Å². The zero-order valence-electron chi connectivity index (χ0n) is 10.8. The third kappa shape index (κ3) is 3.63. The van der Waals surface area contributed by atoms with Gasteiger partial charge in [0, 0.05) is 11.1 Å². The van der Waals surface area contributed by atoms with Gasteiger partial charge in [0.15, 0.2) is 0 Å². The second kappa shape index (κ2) is 6.29. The smallest absolute Gasteiger partial charge is 0.219 e. The van der Waals surface area contributed by atoms with E-state index in [4.69, 9.17) is 17.4 Å². The first-order valence-electron chi connectivity index (χ1n) is 5.85. The number of benzene rings is 1. The third-order valence-electron chi connectivity index (χ3n) is 2.97. The lowest BCUT2D eigenvalue weighted by Crippen LogP contribution is -2.21. The van der Waals surface area contributed by atoms with Crippen molar-refractivity contribution in [2.75, 3.05) is 12.5 Å². The summed E-state index contributed by atoms with van der Waals surface area (Å²) in [5.41, 5.74) is 3.68. The van der Waals surface area contributed by atoms with Crippen LogP contribution in [0.3, 0.4) is 0 Å². The molecule has 1 atom stereocenters. The number of nitrogen functional groups attached to an aromatic ring is 1. The Balaban J connectivity index is 2.04. The molecule has 0 bridgehead atoms. The van der Waals surface area contributed by atoms with Crippen molar-refractivity contribution in [3.05, 3.63) is 39.9 Å². The Kier molecular flexibility index (Phi) is 4.71. The van der Waals surface area contributed by atoms with E-state index in [1.54, 1.807) is 0 Å². The first kappa shape index (κ1) is 14.2. The predicted octanol–water partition coefficient (Wildman–Crippen LogP) is 2.67. The molecule has 102 valence electrons. The number of hydrogen-bond donors (Lipinski definition) is 2. The number of hydrogen-bond acceptors (Lipinski definition) is 6. The molecule has 1 heterocycles. The molecule has 3 N–H and O–H groups in total. The fourth-order valence-electron chi connectivity index (χ4n) is 1.75. The van der Waals surface area contributed by atoms with Crippen LogP contribution in [-0.4, -0.2) is 22.1 Å². The minimum atomic E-state index is 0.247. The summed E-state index contributed by atoms with van der Waals surface area (Å²) in [7, 11) is 2.04. The van der Waals surface area contributed by atoms with Gasteiger partial charge in [0.2, 0.25) is 5.13 Å². The molecule has 0 aliphatic heterocycles. The number of halogens is 1. The van der Waals surface area contributed by atoms with E-state index >= 15 is 0 Å². The molecule has 19 heavy (non-hydrogen) atoms. The highest BCUT2D eigenvalue weighted by Gasteiger charge is 2.14. The zero-order valence-corrected chi connectivity index (χ0v) is 12.4. The van der Waals surface area contributed by atoms with E-state index in [9.17, 15) is 0 Å². The minimum Gasteiger partial charge on any atom is -0.298 e. The van der Waals surface area contributed by atoms with Crippen molar-refractivity contribution in [2.24, 2.45) is 5.84 Å². The molecule has 0 amide bonds. The third-order valence-corrected chi connectivity index (χ3v) is 4.04. The van der Waals surface area contributed by atoms with Crippen LogP contribution in [-0.2, 0) is 6.54 Å². The lowest BCUT2D eigenvalue weighted by atomic mass is 10.1. The summed E-state index contributed by atoms with van der Waals surface area (Å²) >= 11 is 7.47. The summed E-state index contributed by atoms with van der Waals surface area (Å²) in [4.78, 5) is 2.19. The molecule has 0 spiro atoms. The molecule has 0 saturated carbocycles. The summed E-state index contributed by atoms with van der Waals surface area (Å²) in [6.07, 6.45) is 0. The highest BCUT2D eigenvalue weighted by molar-refractivity contribution is 7.15. The van der Waals surface area contributed by atoms with E-state index in [1.165, 1.54) is 16.9 Å². The maximum Gasteiger partial charge on any atom is 0.219 e. The lowest BCUT2D eigenvalue weighted by Gasteiger charge is -2.24. The number of rotatable bonds is 5. The Morgan fingerprint density at radius 3 is 2.89 bits per heavy atom. The van der Waals surface area contributed by atoms with Gasteiger partial charge in [0.1, 0.15) is 5.01 Å². The lowest BCUT2D eigenvalue weighted by molar-refractivity contribution is 0.252. The van der Waals surface area contributed by atoms with Crippen molar-refractivity contribution in [2.45, 2.75) is 19.5 Å². The maximum atomic E-state index is 6.01. The van der Waals surface area contributed by atoms with Gasteiger partial charge in [-0.25, -0.2) is 5.84 Å². The molecule has 0 aliphatic carbocycles. The summed E-state index contributed by atoms with van der Waals surface area (Å²) in [5, 5.41) is 10.3. The Morgan fingerprint density at radius 2 is 2.26 bits per heavy atom. The van der Waals surface area contributed by atoms with Gasteiger partial charge in [-0.1, -0.05) is 35.1 Å². The van der Waals surface area contributed by atoms with Gasteiger partial charge in [-0.3, -0.25) is 10.3 Å². The normalized spacial score (nSPS) is 12.7. The summed E-state index contributed by atoms with van der Waals surface area (Å²) in [6, 6.07) is 8.14. The van der Waals surface area contributed by atoms with Crippen molar-refractivity contribution in [1.29, 1.82) is 0 Å². The van der Waals surface area contributed by atoms with Crippen LogP contribution < -0.4 is 11.3 Å². The molecule has 0 aliphatic rings. The van der Waals surface area contributed by atoms with Crippen LogP contribution in [0.1, 0.15) is 23.5 Å². The Bertz CT molecular complexity index is 544. The average Bonchev–Trinajstić information content (AvgIpc) is 2.85. The van der Waals surface area contributed by atoms with E-state index in [0.717, 1.165) is 10.0 Å². The van der Waals surface area contributed by atoms with E-state index in [2.05, 4.69) is 33.5 Å². The summed E-state index contributed by atoms with van der Waals surface area (Å²) in [6.45, 7) is 2.85. The second-order valence-electron chi connectivity index (χ2n) is 4.29. The van der Waals surface area contributed by atoms with Crippen LogP contribution in [0.15, 0.2) is 24.3 Å². The summed E-state index contributed by atoms with van der Waals surface area (Å²) < 4.78 is 0. The molecule has 1 aromatic heterocycles. The minimum absolute atomic E-state index is 0.247. The number of anilines is 1. The maximum absolute atomic E-state index is 6.01. The standard InChI is InChI=1S/C12H16ClN5S/c1-8(9-4-3-5-10(13)6-9)18(2)7-11-16-17-12(15-14)19-11/h3-6,8H,7,14H2,1-2H3,(H,15,17). The highest BCUT2D eigenvalue weighted by atomic mass is 35.5. The number of nitrogens with one attached hydrogen (secondary N) is 1. The fraction of sp³-hybridized carbons (Fsp3) is 0.333. The van der Waals surface area contributed by atoms with Gasteiger partial charge in [-0.15, -0.1) is 10.2 Å². The van der Waals surface area contributed by atoms with Crippen molar-refractivity contribution >= 4 is 28.1 Å². The van der Waals surface area contributed by atoms with Crippen LogP contribution in [0.4, 0.5) is 5.13 Å². The molecule has 1 aromatic carbocycles. The molecule has 0 radical (unpaired) electrons. The molecule has 0 fully saturated rings. The van der Waals surface area contributed by atoms with Crippen molar-refractivity contribution in [3.63, 3.8) is 0 Å². The first-order valence-corrected chi connectivity index (χ1v) is 7.04. The van der Waals surface area contributed by atoms with Crippen molar-refractivity contribution in [3.8, 4) is 0 Å². The summed E-state index contributed by atoms with van der Waals surface area (Å²) in [5.74, 6) is 5.29. The van der Waals surface area contributed by atoms with Gasteiger partial charge in [-0.2, -0.15) is 0 Å². The number of aromatic nitrogens is 2. The molecule has 0 saturated heterocycles. The van der Waals surface area contributed by atoms with E-state index in [0.29, 0.717) is 11.7 Å². The van der Waals surface area contributed by atoms with Crippen molar-refractivity contribution < 1.29 is 0 Å². The SMILES string of the molecule is CC(c1cccc(Cl)c1)N(C)Cc1nnc(NN)s1. The molecular weight excluding hydrogens is 282 g/mol. The monoisotopic (exact) mass is 297 g/mol. The zero-order chi connectivity index (χ0) is 13.8. The van der Waals surface area contributed by atoms with Crippen molar-refractivity contribution in [1.82, 2.24) is 15.1 Å². The predicted molar refractivity (Wildman–Crippen MR) is 79.1 cm³/mol. The number of hydrazine groups is 1. The largest absolute Gasteiger partial charge is 0.298 e. The number of nitrogens with zero attached hydrogens (tertiary/aromatic N) is 3. The molecular formula is C12H16ClN5S.